The maximum Gasteiger partial charge on any atom is 0.311 e. The van der Waals surface area contributed by atoms with Crippen LogP contribution < -0.4 is 0 Å². The average molecular weight is 275 g/mol. The summed E-state index contributed by atoms with van der Waals surface area (Å²) < 4.78 is 4.84. The third kappa shape index (κ3) is 3.00. The van der Waals surface area contributed by atoms with E-state index >= 15 is 0 Å². The molecular formula is C16H21NO3. The van der Waals surface area contributed by atoms with Crippen molar-refractivity contribution in [2.24, 2.45) is 11.8 Å². The SMILES string of the molecule is CCC[C@H]1C(=O)N(Cc2ccccc2)C[C@H]1C(=O)OC. The predicted molar refractivity (Wildman–Crippen MR) is 75.8 cm³/mol. The lowest BCUT2D eigenvalue weighted by Gasteiger charge is -2.16. The molecule has 1 aliphatic rings. The Kier molecular flexibility index (Phi) is 4.77. The molecule has 2 rings (SSSR count). The highest BCUT2D eigenvalue weighted by Gasteiger charge is 2.43. The number of rotatable bonds is 5. The Balaban J connectivity index is 2.12. The van der Waals surface area contributed by atoms with E-state index in [1.165, 1.54) is 7.11 Å². The molecule has 0 N–H and O–H groups in total. The molecule has 4 nitrogen and oxygen atoms in total. The summed E-state index contributed by atoms with van der Waals surface area (Å²) in [6, 6.07) is 9.85. The monoisotopic (exact) mass is 275 g/mol. The van der Waals surface area contributed by atoms with Crippen molar-refractivity contribution in [1.82, 2.24) is 4.90 Å². The molecule has 0 radical (unpaired) electrons. The quantitative estimate of drug-likeness (QED) is 0.774. The fraction of sp³-hybridized carbons (Fsp3) is 0.500. The summed E-state index contributed by atoms with van der Waals surface area (Å²) >= 11 is 0. The van der Waals surface area contributed by atoms with Crippen molar-refractivity contribution in [1.29, 1.82) is 0 Å². The molecule has 1 saturated heterocycles. The molecule has 1 aromatic rings. The molecule has 0 aliphatic carbocycles. The van der Waals surface area contributed by atoms with Crippen molar-refractivity contribution >= 4 is 11.9 Å². The number of carbonyl (C=O) groups is 2. The van der Waals surface area contributed by atoms with Gasteiger partial charge in [-0.25, -0.2) is 0 Å². The maximum absolute atomic E-state index is 12.4. The molecule has 4 heteroatoms. The molecule has 2 atom stereocenters. The van der Waals surface area contributed by atoms with Crippen LogP contribution in [0.3, 0.4) is 0 Å². The molecule has 1 aliphatic heterocycles. The van der Waals surface area contributed by atoms with Crippen molar-refractivity contribution in [2.45, 2.75) is 26.3 Å². The number of ether oxygens (including phenoxy) is 1. The first-order chi connectivity index (χ1) is 9.67. The second-order valence-corrected chi connectivity index (χ2v) is 5.23. The number of hydrogen-bond acceptors (Lipinski definition) is 3. The zero-order chi connectivity index (χ0) is 14.5. The van der Waals surface area contributed by atoms with Gasteiger partial charge in [-0.1, -0.05) is 43.7 Å². The van der Waals surface area contributed by atoms with Gasteiger partial charge in [0.15, 0.2) is 0 Å². The average Bonchev–Trinajstić information content (AvgIpc) is 2.77. The Labute approximate surface area is 119 Å². The summed E-state index contributed by atoms with van der Waals surface area (Å²) in [5, 5.41) is 0. The molecule has 1 heterocycles. The topological polar surface area (TPSA) is 46.6 Å². The number of hydrogen-bond donors (Lipinski definition) is 0. The van der Waals surface area contributed by atoms with Gasteiger partial charge in [0, 0.05) is 13.1 Å². The molecule has 1 aromatic carbocycles. The van der Waals surface area contributed by atoms with E-state index in [0.29, 0.717) is 13.1 Å². The van der Waals surface area contributed by atoms with E-state index in [4.69, 9.17) is 4.74 Å². The Bertz CT molecular complexity index is 472. The Morgan fingerprint density at radius 2 is 2.05 bits per heavy atom. The van der Waals surface area contributed by atoms with Crippen LogP contribution in [0.15, 0.2) is 30.3 Å². The molecule has 0 saturated carbocycles. The van der Waals surface area contributed by atoms with E-state index in [1.54, 1.807) is 4.90 Å². The summed E-state index contributed by atoms with van der Waals surface area (Å²) in [5.74, 6) is -0.745. The summed E-state index contributed by atoms with van der Waals surface area (Å²) in [7, 11) is 1.38. The van der Waals surface area contributed by atoms with Gasteiger partial charge in [0.2, 0.25) is 5.91 Å². The molecule has 1 fully saturated rings. The van der Waals surface area contributed by atoms with E-state index in [2.05, 4.69) is 0 Å². The van der Waals surface area contributed by atoms with Crippen molar-refractivity contribution in [3.05, 3.63) is 35.9 Å². The minimum Gasteiger partial charge on any atom is -0.469 e. The Morgan fingerprint density at radius 3 is 2.65 bits per heavy atom. The number of amides is 1. The van der Waals surface area contributed by atoms with Gasteiger partial charge < -0.3 is 9.64 Å². The first-order valence-corrected chi connectivity index (χ1v) is 7.08. The van der Waals surface area contributed by atoms with Gasteiger partial charge in [-0.15, -0.1) is 0 Å². The van der Waals surface area contributed by atoms with E-state index in [1.807, 2.05) is 37.3 Å². The molecule has 0 unspecified atom stereocenters. The summed E-state index contributed by atoms with van der Waals surface area (Å²) in [6.07, 6.45) is 1.63. The van der Waals surface area contributed by atoms with E-state index < -0.39 is 0 Å². The highest BCUT2D eigenvalue weighted by molar-refractivity contribution is 5.89. The van der Waals surface area contributed by atoms with Gasteiger partial charge in [-0.05, 0) is 12.0 Å². The Morgan fingerprint density at radius 1 is 1.35 bits per heavy atom. The minimum absolute atomic E-state index is 0.0751. The van der Waals surface area contributed by atoms with Crippen LogP contribution in [0.1, 0.15) is 25.3 Å². The predicted octanol–water partition coefficient (Wildman–Crippen LogP) is 2.23. The molecule has 0 aromatic heterocycles. The van der Waals surface area contributed by atoms with Crippen LogP contribution in [-0.2, 0) is 20.9 Å². The lowest BCUT2D eigenvalue weighted by molar-refractivity contribution is -0.147. The highest BCUT2D eigenvalue weighted by atomic mass is 16.5. The Hall–Kier alpha value is -1.84. The van der Waals surface area contributed by atoms with Crippen molar-refractivity contribution in [3.8, 4) is 0 Å². The zero-order valence-corrected chi connectivity index (χ0v) is 12.0. The van der Waals surface area contributed by atoms with Crippen molar-refractivity contribution in [3.63, 3.8) is 0 Å². The molecule has 20 heavy (non-hydrogen) atoms. The third-order valence-electron chi connectivity index (χ3n) is 3.85. The number of methoxy groups -OCH3 is 1. The summed E-state index contributed by atoms with van der Waals surface area (Å²) in [6.45, 7) is 3.06. The van der Waals surface area contributed by atoms with Gasteiger partial charge >= 0.3 is 5.97 Å². The van der Waals surface area contributed by atoms with Gasteiger partial charge in [-0.3, -0.25) is 9.59 Å². The molecule has 1 amide bonds. The largest absolute Gasteiger partial charge is 0.469 e. The van der Waals surface area contributed by atoms with Crippen LogP contribution in [0.4, 0.5) is 0 Å². The second kappa shape index (κ2) is 6.55. The normalized spacial score (nSPS) is 22.1. The number of benzene rings is 1. The standard InChI is InChI=1S/C16H21NO3/c1-3-7-13-14(16(19)20-2)11-17(15(13)18)10-12-8-5-4-6-9-12/h4-6,8-9,13-14H,3,7,10-11H2,1-2H3/t13-,14-/m1/s1. The minimum atomic E-state index is -0.323. The van der Waals surface area contributed by atoms with Gasteiger partial charge in [0.05, 0.1) is 18.9 Å². The molecule has 0 spiro atoms. The smallest absolute Gasteiger partial charge is 0.311 e. The number of nitrogens with zero attached hydrogens (tertiary/aromatic N) is 1. The third-order valence-corrected chi connectivity index (χ3v) is 3.85. The van der Waals surface area contributed by atoms with Crippen molar-refractivity contribution in [2.75, 3.05) is 13.7 Å². The van der Waals surface area contributed by atoms with E-state index in [0.717, 1.165) is 18.4 Å². The van der Waals surface area contributed by atoms with E-state index in [9.17, 15) is 9.59 Å². The van der Waals surface area contributed by atoms with Crippen LogP contribution in [0.2, 0.25) is 0 Å². The maximum atomic E-state index is 12.4. The number of esters is 1. The van der Waals surface area contributed by atoms with Crippen LogP contribution in [0, 0.1) is 11.8 Å². The lowest BCUT2D eigenvalue weighted by Crippen LogP contribution is -2.26. The van der Waals surface area contributed by atoms with Crippen LogP contribution in [0.25, 0.3) is 0 Å². The first-order valence-electron chi connectivity index (χ1n) is 7.08. The molecule has 108 valence electrons. The molecule has 0 bridgehead atoms. The van der Waals surface area contributed by atoms with Crippen molar-refractivity contribution < 1.29 is 14.3 Å². The van der Waals surface area contributed by atoms with Crippen LogP contribution >= 0.6 is 0 Å². The fourth-order valence-corrected chi connectivity index (χ4v) is 2.83. The fourth-order valence-electron chi connectivity index (χ4n) is 2.83. The summed E-state index contributed by atoms with van der Waals surface area (Å²) in [5.41, 5.74) is 1.08. The van der Waals surface area contributed by atoms with E-state index in [-0.39, 0.29) is 23.7 Å². The van der Waals surface area contributed by atoms with Gasteiger partial charge in [0.1, 0.15) is 0 Å². The number of carbonyl (C=O) groups excluding carboxylic acids is 2. The molecular weight excluding hydrogens is 254 g/mol. The zero-order valence-electron chi connectivity index (χ0n) is 12.0. The summed E-state index contributed by atoms with van der Waals surface area (Å²) in [4.78, 5) is 26.1. The first kappa shape index (κ1) is 14.6. The number of likely N-dealkylation sites (tertiary alicyclic amines) is 1. The highest BCUT2D eigenvalue weighted by Crippen LogP contribution is 2.30. The van der Waals surface area contributed by atoms with Crippen LogP contribution in [0.5, 0.6) is 0 Å². The van der Waals surface area contributed by atoms with Gasteiger partial charge in [0.25, 0.3) is 0 Å². The lowest BCUT2D eigenvalue weighted by atomic mass is 9.91. The van der Waals surface area contributed by atoms with Gasteiger partial charge in [-0.2, -0.15) is 0 Å². The van der Waals surface area contributed by atoms with Crippen LogP contribution in [-0.4, -0.2) is 30.4 Å². The second-order valence-electron chi connectivity index (χ2n) is 5.23.